The number of aromatic hydroxyl groups is 2. The van der Waals surface area contributed by atoms with Gasteiger partial charge >= 0.3 is 5.97 Å². The number of carbonyl (C=O) groups excluding carboxylic acids is 1. The van der Waals surface area contributed by atoms with Crippen molar-refractivity contribution in [3.63, 3.8) is 0 Å². The molecule has 2 heterocycles. The maximum absolute atomic E-state index is 13.3. The molecule has 170 valence electrons. The van der Waals surface area contributed by atoms with Crippen molar-refractivity contribution in [2.75, 3.05) is 0 Å². The summed E-state index contributed by atoms with van der Waals surface area (Å²) in [6.07, 6.45) is 0. The van der Waals surface area contributed by atoms with Crippen LogP contribution in [-0.4, -0.2) is 16.2 Å². The molecular formula is C20H4Br4Cl4O5. The number of halogens is 8. The molecule has 0 aromatic heterocycles. The number of hydrogen-bond acceptors (Lipinski definition) is 5. The van der Waals surface area contributed by atoms with Crippen LogP contribution in [-0.2, 0) is 10.3 Å². The molecule has 0 saturated carbocycles. The van der Waals surface area contributed by atoms with Crippen LogP contribution in [0.15, 0.2) is 30.0 Å². The quantitative estimate of drug-likeness (QED) is 0.135. The number of benzene rings is 3. The molecule has 0 fully saturated rings. The Hall–Kier alpha value is -0.390. The predicted molar refractivity (Wildman–Crippen MR) is 139 cm³/mol. The largest absolute Gasteiger partial charge is 0.506 e. The summed E-state index contributed by atoms with van der Waals surface area (Å²) in [6, 6.07) is 2.82. The van der Waals surface area contributed by atoms with Gasteiger partial charge in [-0.1, -0.05) is 46.4 Å². The number of rotatable bonds is 0. The highest BCUT2D eigenvalue weighted by Crippen LogP contribution is 2.66. The van der Waals surface area contributed by atoms with E-state index < -0.39 is 17.3 Å². The Balaban J connectivity index is 2.07. The third-order valence-corrected chi connectivity index (χ3v) is 11.7. The van der Waals surface area contributed by atoms with E-state index >= 15 is 0 Å². The third kappa shape index (κ3) is 3.03. The first kappa shape index (κ1) is 24.3. The van der Waals surface area contributed by atoms with Crippen LogP contribution in [0.2, 0.25) is 20.1 Å². The average molecular weight is 786 g/mol. The summed E-state index contributed by atoms with van der Waals surface area (Å²) in [5.41, 5.74) is -0.875. The van der Waals surface area contributed by atoms with Crippen molar-refractivity contribution in [2.24, 2.45) is 0 Å². The molecule has 0 bridgehead atoms. The second-order valence-electron chi connectivity index (χ2n) is 6.95. The Morgan fingerprint density at radius 2 is 1.39 bits per heavy atom. The van der Waals surface area contributed by atoms with E-state index in [0.29, 0.717) is 23.5 Å². The normalized spacial score (nSPS) is 18.0. The van der Waals surface area contributed by atoms with Crippen molar-refractivity contribution in [3.05, 3.63) is 72.4 Å². The number of carbonyl (C=O) groups is 1. The third-order valence-electron chi connectivity index (χ3n) is 5.34. The molecule has 5 rings (SSSR count). The minimum Gasteiger partial charge on any atom is -0.506 e. The lowest BCUT2D eigenvalue weighted by Gasteiger charge is -2.38. The molecule has 2 aliphatic rings. The summed E-state index contributed by atoms with van der Waals surface area (Å²) in [7, 11) is 0. The van der Waals surface area contributed by atoms with Crippen LogP contribution in [0.3, 0.4) is 0 Å². The van der Waals surface area contributed by atoms with Crippen molar-refractivity contribution in [1.29, 1.82) is 0 Å². The van der Waals surface area contributed by atoms with Crippen molar-refractivity contribution in [2.45, 2.75) is 5.60 Å². The van der Waals surface area contributed by atoms with Gasteiger partial charge in [-0.05, 0) is 75.9 Å². The smallest absolute Gasteiger partial charge is 0.341 e. The molecule has 5 nitrogen and oxygen atoms in total. The van der Waals surface area contributed by atoms with Crippen LogP contribution in [0.4, 0.5) is 0 Å². The summed E-state index contributed by atoms with van der Waals surface area (Å²) < 4.78 is 14.0. The number of hydrogen-bond donors (Lipinski definition) is 2. The Bertz CT molecular complexity index is 1460. The van der Waals surface area contributed by atoms with E-state index in [2.05, 4.69) is 63.7 Å². The first-order valence-corrected chi connectivity index (χ1v) is 13.3. The first-order chi connectivity index (χ1) is 15.4. The molecule has 1 unspecified atom stereocenters. The zero-order valence-corrected chi connectivity index (χ0v) is 24.7. The number of phenols is 2. The maximum atomic E-state index is 13.3. The fourth-order valence-corrected chi connectivity index (χ4v) is 7.49. The van der Waals surface area contributed by atoms with Crippen LogP contribution >= 0.6 is 110 Å². The lowest BCUT2D eigenvalue weighted by Crippen LogP contribution is -2.34. The van der Waals surface area contributed by atoms with Crippen LogP contribution in [0.5, 0.6) is 23.0 Å². The van der Waals surface area contributed by atoms with E-state index in [9.17, 15) is 15.0 Å². The molecule has 0 radical (unpaired) electrons. The number of ether oxygens (including phenoxy) is 2. The van der Waals surface area contributed by atoms with Crippen LogP contribution in [0.25, 0.3) is 0 Å². The van der Waals surface area contributed by atoms with Gasteiger partial charge in [0.15, 0.2) is 22.8 Å². The monoisotopic (exact) mass is 780 g/mol. The van der Waals surface area contributed by atoms with Crippen LogP contribution < -0.4 is 4.74 Å². The van der Waals surface area contributed by atoms with Gasteiger partial charge in [0.1, 0.15) is 20.8 Å². The first-order valence-electron chi connectivity index (χ1n) is 8.64. The van der Waals surface area contributed by atoms with Gasteiger partial charge in [0.2, 0.25) is 0 Å². The van der Waals surface area contributed by atoms with Gasteiger partial charge in [0.25, 0.3) is 0 Å². The highest BCUT2D eigenvalue weighted by molar-refractivity contribution is 9.15. The van der Waals surface area contributed by atoms with E-state index in [1.54, 1.807) is 0 Å². The van der Waals surface area contributed by atoms with E-state index in [1.807, 2.05) is 0 Å². The Labute approximate surface area is 239 Å². The molecule has 2 aliphatic heterocycles. The lowest BCUT2D eigenvalue weighted by molar-refractivity contribution is 0.0223. The highest BCUT2D eigenvalue weighted by atomic mass is 79.9. The fourth-order valence-electron chi connectivity index (χ4n) is 3.96. The average Bonchev–Trinajstić information content (AvgIpc) is 3.08. The van der Waals surface area contributed by atoms with E-state index in [4.69, 9.17) is 55.9 Å². The standard InChI is InChI=1S/C20H4Br4Cl4O5/c21-8-5-6(9(22)11(24)10(8)23)20(33-19(5)31)3-1-2-4(29)12(25)17(3)32-18-7(20)13(26)14(27)16(30)15(18)28/h1-2,29-30H. The van der Waals surface area contributed by atoms with Gasteiger partial charge in [0.05, 0.1) is 16.1 Å². The summed E-state index contributed by atoms with van der Waals surface area (Å²) in [5.74, 6) is -1.67. The Kier molecular flexibility index (Phi) is 5.94. The molecule has 1 spiro atoms. The van der Waals surface area contributed by atoms with Crippen molar-refractivity contribution >= 4 is 116 Å². The topological polar surface area (TPSA) is 76.0 Å². The molecule has 0 aliphatic carbocycles. The van der Waals surface area contributed by atoms with E-state index in [1.165, 1.54) is 12.1 Å². The SMILES string of the molecule is O=C1OC2(c3ccc(O)c(Cl)c3Oc3c(Cl)c(O)c(Cl)c(Cl)c32)c2c(Br)c(Br)c(Br)c(Br)c21. The summed E-state index contributed by atoms with van der Waals surface area (Å²) >= 11 is 39.6. The van der Waals surface area contributed by atoms with Gasteiger partial charge in [-0.15, -0.1) is 0 Å². The van der Waals surface area contributed by atoms with Crippen molar-refractivity contribution in [1.82, 2.24) is 0 Å². The molecule has 0 saturated heterocycles. The molecule has 1 atom stereocenters. The predicted octanol–water partition coefficient (Wildman–Crippen LogP) is 9.33. The summed E-state index contributed by atoms with van der Waals surface area (Å²) in [4.78, 5) is 13.3. The van der Waals surface area contributed by atoms with Gasteiger partial charge in [-0.2, -0.15) is 0 Å². The molecule has 3 aromatic carbocycles. The zero-order chi connectivity index (χ0) is 24.1. The summed E-state index contributed by atoms with van der Waals surface area (Å²) in [6.45, 7) is 0. The Morgan fingerprint density at radius 3 is 2.06 bits per heavy atom. The molecule has 0 amide bonds. The van der Waals surface area contributed by atoms with Crippen molar-refractivity contribution in [3.8, 4) is 23.0 Å². The van der Waals surface area contributed by atoms with Gasteiger partial charge in [-0.25, -0.2) is 4.79 Å². The number of phenolic OH excluding ortho intramolecular Hbond substituents is 2. The van der Waals surface area contributed by atoms with Gasteiger partial charge < -0.3 is 19.7 Å². The van der Waals surface area contributed by atoms with Crippen LogP contribution in [0.1, 0.15) is 27.0 Å². The number of esters is 1. The minimum atomic E-state index is -1.75. The van der Waals surface area contributed by atoms with Gasteiger partial charge in [0, 0.05) is 29.0 Å². The Morgan fingerprint density at radius 1 is 0.758 bits per heavy atom. The van der Waals surface area contributed by atoms with E-state index in [-0.39, 0.29) is 54.0 Å². The maximum Gasteiger partial charge on any atom is 0.341 e. The number of fused-ring (bicyclic) bond motifs is 6. The lowest BCUT2D eigenvalue weighted by atomic mass is 9.77. The molecule has 2 N–H and O–H groups in total. The molecule has 13 heteroatoms. The fraction of sp³-hybridized carbons (Fsp3) is 0.0500. The minimum absolute atomic E-state index is 0.0356. The summed E-state index contributed by atoms with van der Waals surface area (Å²) in [5, 5.41) is 19.8. The molecule has 33 heavy (non-hydrogen) atoms. The van der Waals surface area contributed by atoms with E-state index in [0.717, 1.165) is 0 Å². The van der Waals surface area contributed by atoms with Crippen LogP contribution in [0, 0.1) is 0 Å². The second-order valence-corrected chi connectivity index (χ2v) is 11.6. The molecular weight excluding hydrogens is 782 g/mol. The zero-order valence-electron chi connectivity index (χ0n) is 15.3. The van der Waals surface area contributed by atoms with Gasteiger partial charge in [-0.3, -0.25) is 0 Å². The van der Waals surface area contributed by atoms with Crippen molar-refractivity contribution < 1.29 is 24.5 Å². The highest BCUT2D eigenvalue weighted by Gasteiger charge is 2.58. The second kappa shape index (κ2) is 8.06. The molecule has 3 aromatic rings.